The average Bonchev–Trinajstić information content (AvgIpc) is 2.87. The predicted octanol–water partition coefficient (Wildman–Crippen LogP) is 0.996. The lowest BCUT2D eigenvalue weighted by molar-refractivity contribution is -0.144. The van der Waals surface area contributed by atoms with Gasteiger partial charge in [-0.05, 0) is 19.8 Å². The van der Waals surface area contributed by atoms with Gasteiger partial charge in [-0.3, -0.25) is 0 Å². The highest BCUT2D eigenvalue weighted by atomic mass is 16.5. The van der Waals surface area contributed by atoms with Gasteiger partial charge in [0.25, 0.3) is 5.71 Å². The van der Waals surface area contributed by atoms with E-state index in [1.165, 1.54) is 6.33 Å². The first-order chi connectivity index (χ1) is 10.1. The molecule has 8 nitrogen and oxygen atoms in total. The van der Waals surface area contributed by atoms with Crippen molar-refractivity contribution in [2.75, 3.05) is 24.6 Å². The van der Waals surface area contributed by atoms with Gasteiger partial charge < -0.3 is 19.3 Å². The molecule has 0 aromatic carbocycles. The Balaban J connectivity index is 1.71. The second kappa shape index (κ2) is 5.65. The second-order valence-electron chi connectivity index (χ2n) is 5.04. The number of aliphatic carboxylic acids is 1. The first-order valence-corrected chi connectivity index (χ1v) is 6.80. The van der Waals surface area contributed by atoms with Crippen LogP contribution in [0.5, 0.6) is 0 Å². The molecule has 0 radical (unpaired) electrons. The molecule has 0 aliphatic carbocycles. The van der Waals surface area contributed by atoms with Crippen molar-refractivity contribution in [2.24, 2.45) is 0 Å². The Kier molecular flexibility index (Phi) is 3.70. The Hall–Kier alpha value is -2.22. The summed E-state index contributed by atoms with van der Waals surface area (Å²) >= 11 is 0. The van der Waals surface area contributed by atoms with Crippen molar-refractivity contribution >= 4 is 22.9 Å². The highest BCUT2D eigenvalue weighted by Crippen LogP contribution is 2.28. The molecule has 21 heavy (non-hydrogen) atoms. The maximum absolute atomic E-state index is 10.5. The monoisotopic (exact) mass is 292 g/mol. The van der Waals surface area contributed by atoms with Crippen molar-refractivity contribution in [1.82, 2.24) is 15.1 Å². The number of rotatable bonds is 4. The molecule has 112 valence electrons. The van der Waals surface area contributed by atoms with E-state index in [9.17, 15) is 4.79 Å². The van der Waals surface area contributed by atoms with Crippen molar-refractivity contribution in [3.8, 4) is 0 Å². The first-order valence-electron chi connectivity index (χ1n) is 6.80. The Labute approximate surface area is 120 Å². The van der Waals surface area contributed by atoms with Crippen LogP contribution in [0.25, 0.3) is 11.1 Å². The van der Waals surface area contributed by atoms with E-state index in [1.54, 1.807) is 0 Å². The fourth-order valence-corrected chi connectivity index (χ4v) is 2.57. The molecule has 2 aromatic rings. The summed E-state index contributed by atoms with van der Waals surface area (Å²) in [5.41, 5.74) is 1.26. The second-order valence-corrected chi connectivity index (χ2v) is 5.04. The molecule has 1 aliphatic rings. The minimum atomic E-state index is -0.935. The van der Waals surface area contributed by atoms with Gasteiger partial charge in [-0.2, -0.15) is 4.98 Å². The molecule has 1 fully saturated rings. The molecule has 1 saturated heterocycles. The SMILES string of the molecule is Cc1noc2ncnc(N3CCC(OCC(=O)O)CC3)c12. The van der Waals surface area contributed by atoms with E-state index in [1.807, 2.05) is 6.92 Å². The predicted molar refractivity (Wildman–Crippen MR) is 73.2 cm³/mol. The number of piperidine rings is 1. The van der Waals surface area contributed by atoms with Crippen molar-refractivity contribution < 1.29 is 19.2 Å². The normalized spacial score (nSPS) is 16.5. The van der Waals surface area contributed by atoms with Crippen molar-refractivity contribution in [2.45, 2.75) is 25.9 Å². The lowest BCUT2D eigenvalue weighted by Crippen LogP contribution is -2.38. The fourth-order valence-electron chi connectivity index (χ4n) is 2.57. The van der Waals surface area contributed by atoms with Gasteiger partial charge in [-0.15, -0.1) is 0 Å². The molecule has 0 atom stereocenters. The Morgan fingerprint density at radius 1 is 1.48 bits per heavy atom. The summed E-state index contributed by atoms with van der Waals surface area (Å²) in [6.07, 6.45) is 2.99. The molecule has 1 N–H and O–H groups in total. The number of carboxylic acid groups (broad SMARTS) is 1. The summed E-state index contributed by atoms with van der Waals surface area (Å²) in [5, 5.41) is 13.4. The van der Waals surface area contributed by atoms with Gasteiger partial charge in [0.2, 0.25) is 0 Å². The molecule has 0 saturated carbocycles. The first kappa shape index (κ1) is 13.7. The van der Waals surface area contributed by atoms with Gasteiger partial charge >= 0.3 is 5.97 Å². The number of carbonyl (C=O) groups is 1. The van der Waals surface area contributed by atoms with Crippen LogP contribution in [-0.2, 0) is 9.53 Å². The van der Waals surface area contributed by atoms with E-state index >= 15 is 0 Å². The van der Waals surface area contributed by atoms with Gasteiger partial charge in [-0.1, -0.05) is 5.16 Å². The van der Waals surface area contributed by atoms with Gasteiger partial charge in [0.05, 0.1) is 11.8 Å². The quantitative estimate of drug-likeness (QED) is 0.890. The lowest BCUT2D eigenvalue weighted by atomic mass is 10.1. The smallest absolute Gasteiger partial charge is 0.329 e. The van der Waals surface area contributed by atoms with Crippen molar-refractivity contribution in [3.05, 3.63) is 12.0 Å². The molecule has 0 bridgehead atoms. The summed E-state index contributed by atoms with van der Waals surface area (Å²) in [5.74, 6) is -0.120. The van der Waals surface area contributed by atoms with Crippen LogP contribution in [0.4, 0.5) is 5.82 Å². The summed E-state index contributed by atoms with van der Waals surface area (Å²) in [7, 11) is 0. The van der Waals surface area contributed by atoms with Crippen molar-refractivity contribution in [3.63, 3.8) is 0 Å². The summed E-state index contributed by atoms with van der Waals surface area (Å²) in [6, 6.07) is 0. The number of hydrogen-bond donors (Lipinski definition) is 1. The van der Waals surface area contributed by atoms with Crippen LogP contribution < -0.4 is 4.90 Å². The number of anilines is 1. The van der Waals surface area contributed by atoms with Crippen LogP contribution >= 0.6 is 0 Å². The number of hydrogen-bond acceptors (Lipinski definition) is 7. The average molecular weight is 292 g/mol. The number of aromatic nitrogens is 3. The third-order valence-electron chi connectivity index (χ3n) is 3.61. The van der Waals surface area contributed by atoms with Gasteiger partial charge in [-0.25, -0.2) is 9.78 Å². The Morgan fingerprint density at radius 2 is 2.24 bits per heavy atom. The molecule has 8 heteroatoms. The molecule has 1 aliphatic heterocycles. The van der Waals surface area contributed by atoms with Crippen LogP contribution in [0.2, 0.25) is 0 Å². The molecular weight excluding hydrogens is 276 g/mol. The van der Waals surface area contributed by atoms with E-state index in [0.29, 0.717) is 5.71 Å². The largest absolute Gasteiger partial charge is 0.480 e. The third-order valence-corrected chi connectivity index (χ3v) is 3.61. The van der Waals surface area contributed by atoms with Crippen LogP contribution in [-0.4, -0.2) is 52.0 Å². The number of aryl methyl sites for hydroxylation is 1. The molecule has 0 amide bonds. The zero-order valence-corrected chi connectivity index (χ0v) is 11.7. The Bertz CT molecular complexity index is 649. The van der Waals surface area contributed by atoms with Gasteiger partial charge in [0, 0.05) is 13.1 Å². The van der Waals surface area contributed by atoms with E-state index in [-0.39, 0.29) is 12.7 Å². The van der Waals surface area contributed by atoms with E-state index in [2.05, 4.69) is 20.0 Å². The molecule has 3 rings (SSSR count). The van der Waals surface area contributed by atoms with Gasteiger partial charge in [0.1, 0.15) is 24.1 Å². The lowest BCUT2D eigenvalue weighted by Gasteiger charge is -2.32. The minimum Gasteiger partial charge on any atom is -0.480 e. The molecule has 3 heterocycles. The van der Waals surface area contributed by atoms with E-state index in [4.69, 9.17) is 14.4 Å². The summed E-state index contributed by atoms with van der Waals surface area (Å²) < 4.78 is 10.5. The zero-order valence-electron chi connectivity index (χ0n) is 11.7. The minimum absolute atomic E-state index is 0.0155. The van der Waals surface area contributed by atoms with Crippen LogP contribution in [0, 0.1) is 6.92 Å². The maximum atomic E-state index is 10.5. The summed E-state index contributed by atoms with van der Waals surface area (Å²) in [6.45, 7) is 3.12. The standard InChI is InChI=1S/C13H16N4O4/c1-8-11-12(14-7-15-13(11)21-16-8)17-4-2-9(3-5-17)20-6-10(18)19/h7,9H,2-6H2,1H3,(H,18,19). The number of carboxylic acids is 1. The highest BCUT2D eigenvalue weighted by Gasteiger charge is 2.24. The summed E-state index contributed by atoms with van der Waals surface area (Å²) in [4.78, 5) is 21.1. The topological polar surface area (TPSA) is 102 Å². The fraction of sp³-hybridized carbons (Fsp3) is 0.538. The number of fused-ring (bicyclic) bond motifs is 1. The molecule has 0 unspecified atom stereocenters. The number of nitrogens with zero attached hydrogens (tertiary/aromatic N) is 4. The highest BCUT2D eigenvalue weighted by molar-refractivity contribution is 5.87. The zero-order chi connectivity index (χ0) is 14.8. The van der Waals surface area contributed by atoms with Crippen molar-refractivity contribution in [1.29, 1.82) is 0 Å². The third kappa shape index (κ3) is 2.80. The number of ether oxygens (including phenoxy) is 1. The molecule has 0 spiro atoms. The Morgan fingerprint density at radius 3 is 2.95 bits per heavy atom. The molecule has 2 aromatic heterocycles. The van der Waals surface area contributed by atoms with Crippen LogP contribution in [0.1, 0.15) is 18.5 Å². The molecular formula is C13H16N4O4. The van der Waals surface area contributed by atoms with E-state index < -0.39 is 5.97 Å². The van der Waals surface area contributed by atoms with E-state index in [0.717, 1.165) is 42.8 Å². The van der Waals surface area contributed by atoms with Crippen LogP contribution in [0.15, 0.2) is 10.9 Å². The van der Waals surface area contributed by atoms with Crippen LogP contribution in [0.3, 0.4) is 0 Å². The van der Waals surface area contributed by atoms with Gasteiger partial charge in [0.15, 0.2) is 0 Å². The maximum Gasteiger partial charge on any atom is 0.329 e.